The third kappa shape index (κ3) is 5.79. The fourth-order valence-corrected chi connectivity index (χ4v) is 2.09. The first-order valence-corrected chi connectivity index (χ1v) is 7.32. The van der Waals surface area contributed by atoms with E-state index in [1.807, 2.05) is 0 Å². The minimum Gasteiger partial charge on any atom is -0.467 e. The summed E-state index contributed by atoms with van der Waals surface area (Å²) in [5, 5.41) is 2.47. The molecule has 0 aliphatic carbocycles. The Labute approximate surface area is 128 Å². The Morgan fingerprint density at radius 2 is 1.77 bits per heavy atom. The van der Waals surface area contributed by atoms with E-state index >= 15 is 0 Å². The third-order valence-electron chi connectivity index (χ3n) is 3.26. The van der Waals surface area contributed by atoms with Crippen LogP contribution in [-0.4, -0.2) is 25.0 Å². The highest BCUT2D eigenvalue weighted by Crippen LogP contribution is 2.11. The van der Waals surface area contributed by atoms with Crippen molar-refractivity contribution in [3.63, 3.8) is 0 Å². The quantitative estimate of drug-likeness (QED) is 0.592. The van der Waals surface area contributed by atoms with E-state index in [0.29, 0.717) is 12.5 Å². The van der Waals surface area contributed by atoms with Crippen LogP contribution in [0, 0.1) is 11.6 Å². The van der Waals surface area contributed by atoms with Gasteiger partial charge in [-0.2, -0.15) is 0 Å². The first-order chi connectivity index (χ1) is 10.5. The second-order valence-corrected chi connectivity index (χ2v) is 5.06. The van der Waals surface area contributed by atoms with Crippen molar-refractivity contribution in [1.82, 2.24) is 5.32 Å². The van der Waals surface area contributed by atoms with E-state index in [2.05, 4.69) is 17.0 Å². The van der Waals surface area contributed by atoms with Gasteiger partial charge in [-0.25, -0.2) is 13.6 Å². The summed E-state index contributed by atoms with van der Waals surface area (Å²) >= 11 is 0. The first-order valence-electron chi connectivity index (χ1n) is 7.32. The van der Waals surface area contributed by atoms with E-state index in [-0.39, 0.29) is 5.56 Å². The van der Waals surface area contributed by atoms with Gasteiger partial charge in [-0.05, 0) is 18.6 Å². The lowest BCUT2D eigenvalue weighted by atomic mass is 10.1. The molecule has 0 aliphatic rings. The molecule has 0 spiro atoms. The molecule has 0 radical (unpaired) electrons. The molecule has 0 aliphatic heterocycles. The van der Waals surface area contributed by atoms with E-state index in [1.165, 1.54) is 7.11 Å². The summed E-state index contributed by atoms with van der Waals surface area (Å²) < 4.78 is 30.9. The summed E-state index contributed by atoms with van der Waals surface area (Å²) in [4.78, 5) is 23.7. The predicted octanol–water partition coefficient (Wildman–Crippen LogP) is 3.21. The number of methoxy groups -OCH3 is 1. The summed E-state index contributed by atoms with van der Waals surface area (Å²) in [6.45, 7) is 2.07. The van der Waals surface area contributed by atoms with Crippen LogP contribution in [0.15, 0.2) is 18.2 Å². The molecule has 0 heterocycles. The molecule has 1 aromatic carbocycles. The van der Waals surface area contributed by atoms with Gasteiger partial charge in [0.25, 0.3) is 5.91 Å². The Hall–Kier alpha value is -1.98. The lowest BCUT2D eigenvalue weighted by Gasteiger charge is -2.16. The van der Waals surface area contributed by atoms with Crippen LogP contribution in [0.25, 0.3) is 0 Å². The number of hydrogen-bond acceptors (Lipinski definition) is 3. The molecule has 0 saturated carbocycles. The van der Waals surface area contributed by atoms with Crippen molar-refractivity contribution in [2.75, 3.05) is 7.11 Å². The Kier molecular flexibility index (Phi) is 7.49. The van der Waals surface area contributed by atoms with E-state index in [9.17, 15) is 18.4 Å². The van der Waals surface area contributed by atoms with Gasteiger partial charge in [0.1, 0.15) is 17.7 Å². The van der Waals surface area contributed by atoms with Crippen LogP contribution in [0.4, 0.5) is 8.78 Å². The van der Waals surface area contributed by atoms with Crippen molar-refractivity contribution in [1.29, 1.82) is 0 Å². The van der Waals surface area contributed by atoms with Gasteiger partial charge in [-0.1, -0.05) is 32.6 Å². The van der Waals surface area contributed by atoms with Crippen molar-refractivity contribution in [2.24, 2.45) is 0 Å². The maximum atomic E-state index is 13.1. The van der Waals surface area contributed by atoms with E-state index in [4.69, 9.17) is 0 Å². The molecule has 1 N–H and O–H groups in total. The molecule has 0 aromatic heterocycles. The molecule has 1 atom stereocenters. The van der Waals surface area contributed by atoms with Gasteiger partial charge in [-0.3, -0.25) is 4.79 Å². The Morgan fingerprint density at radius 1 is 1.14 bits per heavy atom. The van der Waals surface area contributed by atoms with E-state index < -0.39 is 29.6 Å². The highest BCUT2D eigenvalue weighted by Gasteiger charge is 2.22. The number of benzene rings is 1. The van der Waals surface area contributed by atoms with Crippen LogP contribution in [0.3, 0.4) is 0 Å². The maximum absolute atomic E-state index is 13.1. The summed E-state index contributed by atoms with van der Waals surface area (Å²) in [5.41, 5.74) is -0.167. The lowest BCUT2D eigenvalue weighted by Crippen LogP contribution is -2.41. The van der Waals surface area contributed by atoms with E-state index in [1.54, 1.807) is 0 Å². The molecule has 0 fully saturated rings. The number of unbranched alkanes of at least 4 members (excludes halogenated alkanes) is 3. The third-order valence-corrected chi connectivity index (χ3v) is 3.26. The molecule has 22 heavy (non-hydrogen) atoms. The number of carbonyl (C=O) groups excluding carboxylic acids is 2. The van der Waals surface area contributed by atoms with Gasteiger partial charge in [0.05, 0.1) is 7.11 Å². The minimum absolute atomic E-state index is 0.167. The summed E-state index contributed by atoms with van der Waals surface area (Å²) in [5.74, 6) is -2.96. The van der Waals surface area contributed by atoms with Gasteiger partial charge >= 0.3 is 5.97 Å². The van der Waals surface area contributed by atoms with Crippen LogP contribution in [0.1, 0.15) is 49.4 Å². The molecule has 1 rings (SSSR count). The molecule has 0 bridgehead atoms. The molecule has 122 valence electrons. The molecule has 0 unspecified atom stereocenters. The number of ether oxygens (including phenoxy) is 1. The first kappa shape index (κ1) is 18.1. The molecule has 6 heteroatoms. The Balaban J connectivity index is 2.71. The predicted molar refractivity (Wildman–Crippen MR) is 78.4 cm³/mol. The van der Waals surface area contributed by atoms with Gasteiger partial charge in [0, 0.05) is 11.6 Å². The number of carbonyl (C=O) groups is 2. The summed E-state index contributed by atoms with van der Waals surface area (Å²) in [6.07, 6.45) is 4.21. The number of amides is 1. The molecule has 1 aromatic rings. The lowest BCUT2D eigenvalue weighted by molar-refractivity contribution is -0.143. The Morgan fingerprint density at radius 3 is 2.32 bits per heavy atom. The molecule has 4 nitrogen and oxygen atoms in total. The zero-order valence-electron chi connectivity index (χ0n) is 12.8. The van der Waals surface area contributed by atoms with Crippen molar-refractivity contribution in [2.45, 2.75) is 45.1 Å². The van der Waals surface area contributed by atoms with Gasteiger partial charge in [0.2, 0.25) is 0 Å². The molecule has 1 amide bonds. The smallest absolute Gasteiger partial charge is 0.328 e. The van der Waals surface area contributed by atoms with E-state index in [0.717, 1.165) is 37.8 Å². The number of rotatable bonds is 8. The van der Waals surface area contributed by atoms with Crippen molar-refractivity contribution < 1.29 is 23.1 Å². The second-order valence-electron chi connectivity index (χ2n) is 5.06. The normalized spacial score (nSPS) is 11.8. The highest BCUT2D eigenvalue weighted by atomic mass is 19.1. The zero-order valence-corrected chi connectivity index (χ0v) is 12.8. The van der Waals surface area contributed by atoms with Crippen LogP contribution >= 0.6 is 0 Å². The van der Waals surface area contributed by atoms with Gasteiger partial charge < -0.3 is 10.1 Å². The summed E-state index contributed by atoms with van der Waals surface area (Å²) in [6, 6.07) is 1.70. The Bertz CT molecular complexity index is 500. The monoisotopic (exact) mass is 313 g/mol. The maximum Gasteiger partial charge on any atom is 0.328 e. The second kappa shape index (κ2) is 9.12. The fraction of sp³-hybridized carbons (Fsp3) is 0.500. The molecular weight excluding hydrogens is 292 g/mol. The SMILES string of the molecule is CCCCCC[C@H](NC(=O)c1cc(F)cc(F)c1)C(=O)OC. The average molecular weight is 313 g/mol. The van der Waals surface area contributed by atoms with Crippen LogP contribution in [0.2, 0.25) is 0 Å². The van der Waals surface area contributed by atoms with Gasteiger partial charge in [-0.15, -0.1) is 0 Å². The number of esters is 1. The average Bonchev–Trinajstić information content (AvgIpc) is 2.48. The van der Waals surface area contributed by atoms with Crippen LogP contribution in [0.5, 0.6) is 0 Å². The highest BCUT2D eigenvalue weighted by molar-refractivity contribution is 5.96. The zero-order chi connectivity index (χ0) is 16.5. The molecule has 0 saturated heterocycles. The largest absolute Gasteiger partial charge is 0.467 e. The fourth-order valence-electron chi connectivity index (χ4n) is 2.09. The number of nitrogens with one attached hydrogen (secondary N) is 1. The topological polar surface area (TPSA) is 55.4 Å². The van der Waals surface area contributed by atoms with Crippen LogP contribution < -0.4 is 5.32 Å². The standard InChI is InChI=1S/C16H21F2NO3/c1-3-4-5-6-7-14(16(21)22-2)19-15(20)11-8-12(17)10-13(18)9-11/h8-10,14H,3-7H2,1-2H3,(H,19,20)/t14-/m0/s1. The van der Waals surface area contributed by atoms with Crippen molar-refractivity contribution in [3.05, 3.63) is 35.4 Å². The van der Waals surface area contributed by atoms with Crippen molar-refractivity contribution >= 4 is 11.9 Å². The minimum atomic E-state index is -0.845. The number of halogens is 2. The van der Waals surface area contributed by atoms with Crippen molar-refractivity contribution in [3.8, 4) is 0 Å². The summed E-state index contributed by atoms with van der Waals surface area (Å²) in [7, 11) is 1.23. The molecular formula is C16H21F2NO3. The number of hydrogen-bond donors (Lipinski definition) is 1. The van der Waals surface area contributed by atoms with Gasteiger partial charge in [0.15, 0.2) is 0 Å². The van der Waals surface area contributed by atoms with Crippen LogP contribution in [-0.2, 0) is 9.53 Å².